The Morgan fingerprint density at radius 2 is 1.16 bits per heavy atom. The van der Waals surface area contributed by atoms with E-state index in [1.54, 1.807) is 72.0 Å². The predicted octanol–water partition coefficient (Wildman–Crippen LogP) is 4.60. The number of nitrogens with one attached hydrogen (secondary N) is 1. The Kier molecular flexibility index (Phi) is 20.0. The number of hydrazone groups is 2. The van der Waals surface area contributed by atoms with Gasteiger partial charge < -0.3 is 44.1 Å². The van der Waals surface area contributed by atoms with Crippen LogP contribution in [-0.2, 0) is 29.5 Å². The van der Waals surface area contributed by atoms with E-state index < -0.39 is 20.0 Å². The van der Waals surface area contributed by atoms with Gasteiger partial charge in [-0.2, -0.15) is 27.0 Å². The first-order valence-electron chi connectivity index (χ1n) is 21.7. The van der Waals surface area contributed by atoms with Crippen molar-refractivity contribution in [2.45, 2.75) is 23.6 Å². The van der Waals surface area contributed by atoms with E-state index in [1.807, 2.05) is 13.8 Å². The Morgan fingerprint density at radius 1 is 0.686 bits per heavy atom. The first-order valence-corrected chi connectivity index (χ1v) is 25.0. The molecule has 0 bridgehead atoms. The summed E-state index contributed by atoms with van der Waals surface area (Å²) in [7, 11) is -1.78. The third-order valence-electron chi connectivity index (χ3n) is 10.9. The number of ether oxygens (including phenoxy) is 6. The van der Waals surface area contributed by atoms with Crippen LogP contribution in [0.15, 0.2) is 89.5 Å². The number of benzene rings is 4. The number of hydrogen-bond acceptors (Lipinski definition) is 18. The third kappa shape index (κ3) is 14.2. The maximum absolute atomic E-state index is 12.9. The van der Waals surface area contributed by atoms with Crippen LogP contribution >= 0.6 is 24.0 Å². The number of rotatable bonds is 14. The molecule has 0 aromatic heterocycles. The molecule has 4 heterocycles. The Morgan fingerprint density at radius 3 is 1.69 bits per heavy atom. The molecule has 2 fully saturated rings. The summed E-state index contributed by atoms with van der Waals surface area (Å²) in [4.78, 5) is 4.68. The zero-order valence-electron chi connectivity index (χ0n) is 39.6. The van der Waals surface area contributed by atoms with Gasteiger partial charge in [-0.25, -0.2) is 5.01 Å². The summed E-state index contributed by atoms with van der Waals surface area (Å²) in [5, 5.41) is 29.7. The van der Waals surface area contributed by atoms with Crippen molar-refractivity contribution in [3.05, 3.63) is 94.0 Å². The van der Waals surface area contributed by atoms with Crippen LogP contribution in [0, 0.1) is 13.8 Å². The molecule has 8 rings (SSSR count). The predicted molar refractivity (Wildman–Crippen MR) is 270 cm³/mol. The fraction of sp³-hybridized carbons (Fsp3) is 0.391. The van der Waals surface area contributed by atoms with Gasteiger partial charge in [-0.05, 0) is 96.8 Å². The standard InChI is InChI=1S/C23H28N4O6S.C14H21N3O3.C9H8ClNO3S.ClH/c1-16-12-18-22(21(13-16)32-3)34(29,30)25-23(18)27(7-6-26-8-10-33-11-9-26)24-15-17-4-5-19(28)20(14-17)31-2;1-19-14-10-12(2-3-13(14)18)11-16-15-4-5-17-6-8-20-9-7-17;1-5-3-6-8(7(4-5)14-2)15(12,13)11-9(6)10;/h4-5,12-15,28H,6-11H2,1-3H3;2-3,10-11,15,18H,4-9H2,1H3;3-4H,1-2H3;1H/b24-15+;16-11+;;. The van der Waals surface area contributed by atoms with E-state index in [1.165, 1.54) is 34.5 Å². The molecular weight excluding hydrogens is 992 g/mol. The molecule has 70 heavy (non-hydrogen) atoms. The van der Waals surface area contributed by atoms with Gasteiger partial charge in [0.2, 0.25) is 0 Å². The summed E-state index contributed by atoms with van der Waals surface area (Å²) < 4.78 is 87.9. The fourth-order valence-electron chi connectivity index (χ4n) is 7.41. The quantitative estimate of drug-likeness (QED) is 0.0889. The highest BCUT2D eigenvalue weighted by atomic mass is 35.5. The molecule has 0 spiro atoms. The molecule has 0 saturated carbocycles. The van der Waals surface area contributed by atoms with Crippen molar-refractivity contribution in [3.63, 3.8) is 0 Å². The highest BCUT2D eigenvalue weighted by molar-refractivity contribution is 7.91. The SMILES string of the molecule is COc1cc(/C=N/N(CCN2CCOCC2)C2=NS(=O)(=O)c3c(OC)cc(C)cc32)ccc1O.COc1cc(/C=N/NCCN2CCOCC2)ccc1O.COc1cc(C)cc2c1S(=O)(=O)N=C2Cl.Cl. The number of methoxy groups -OCH3 is 4. The van der Waals surface area contributed by atoms with Crippen molar-refractivity contribution in [3.8, 4) is 34.5 Å². The van der Waals surface area contributed by atoms with E-state index in [0.717, 1.165) is 69.2 Å². The monoisotopic (exact) mass is 1050 g/mol. The van der Waals surface area contributed by atoms with Crippen LogP contribution in [0.25, 0.3) is 0 Å². The number of phenols is 2. The van der Waals surface area contributed by atoms with E-state index >= 15 is 0 Å². The molecule has 4 aromatic carbocycles. The summed E-state index contributed by atoms with van der Waals surface area (Å²) in [6.45, 7) is 13.0. The van der Waals surface area contributed by atoms with Crippen LogP contribution < -0.4 is 24.4 Å². The molecule has 4 aliphatic rings. The van der Waals surface area contributed by atoms with Crippen LogP contribution in [0.4, 0.5) is 0 Å². The normalized spacial score (nSPS) is 16.8. The van der Waals surface area contributed by atoms with Gasteiger partial charge in [-0.3, -0.25) is 9.80 Å². The summed E-state index contributed by atoms with van der Waals surface area (Å²) in [6.07, 6.45) is 3.29. The minimum absolute atomic E-state index is 0. The van der Waals surface area contributed by atoms with E-state index in [4.69, 9.17) is 40.0 Å². The Hall–Kier alpha value is -5.72. The minimum atomic E-state index is -3.94. The number of morpholine rings is 2. The van der Waals surface area contributed by atoms with E-state index in [0.29, 0.717) is 54.5 Å². The maximum atomic E-state index is 12.9. The largest absolute Gasteiger partial charge is 0.504 e. The van der Waals surface area contributed by atoms with Crippen LogP contribution in [0.1, 0.15) is 33.4 Å². The summed E-state index contributed by atoms with van der Waals surface area (Å²) in [6, 6.07) is 16.7. The fourth-order valence-corrected chi connectivity index (χ4v) is 10.5. The zero-order valence-corrected chi connectivity index (χ0v) is 42.8. The second-order valence-corrected chi connectivity index (χ2v) is 19.2. The van der Waals surface area contributed by atoms with Crippen LogP contribution in [0.3, 0.4) is 0 Å². The average molecular weight is 1050 g/mol. The summed E-state index contributed by atoms with van der Waals surface area (Å²) in [5.74, 6) is 1.69. The van der Waals surface area contributed by atoms with Gasteiger partial charge in [0, 0.05) is 56.9 Å². The highest BCUT2D eigenvalue weighted by Gasteiger charge is 2.36. The number of amidine groups is 1. The molecule has 4 aromatic rings. The summed E-state index contributed by atoms with van der Waals surface area (Å²) in [5.41, 5.74) is 7.15. The zero-order chi connectivity index (χ0) is 49.7. The van der Waals surface area contributed by atoms with Crippen molar-refractivity contribution in [2.75, 3.05) is 107 Å². The lowest BCUT2D eigenvalue weighted by atomic mass is 10.1. The number of aryl methyl sites for hydroxylation is 2. The second kappa shape index (κ2) is 25.4. The molecule has 0 atom stereocenters. The topological polar surface area (TPSA) is 235 Å². The summed E-state index contributed by atoms with van der Waals surface area (Å²) >= 11 is 5.74. The number of phenolic OH excluding ortho intramolecular Hbond substituents is 2. The van der Waals surface area contributed by atoms with Gasteiger partial charge in [0.25, 0.3) is 20.0 Å². The molecule has 24 heteroatoms. The van der Waals surface area contributed by atoms with Gasteiger partial charge in [0.05, 0.1) is 73.8 Å². The molecular formula is C46H58Cl2N8O12S2. The van der Waals surface area contributed by atoms with Crippen molar-refractivity contribution in [2.24, 2.45) is 19.0 Å². The van der Waals surface area contributed by atoms with Gasteiger partial charge >= 0.3 is 0 Å². The number of aromatic hydroxyl groups is 2. The first kappa shape index (κ1) is 55.2. The van der Waals surface area contributed by atoms with Crippen LogP contribution in [0.2, 0.25) is 0 Å². The van der Waals surface area contributed by atoms with Gasteiger partial charge in [0.15, 0.2) is 34.0 Å². The number of nitrogens with zero attached hydrogens (tertiary/aromatic N) is 7. The lowest BCUT2D eigenvalue weighted by Gasteiger charge is -2.28. The molecule has 20 nitrogen and oxygen atoms in total. The average Bonchev–Trinajstić information content (AvgIpc) is 3.75. The number of sulfonamides is 2. The maximum Gasteiger partial charge on any atom is 0.288 e. The Bertz CT molecular complexity index is 2800. The smallest absolute Gasteiger partial charge is 0.288 e. The van der Waals surface area contributed by atoms with Crippen molar-refractivity contribution < 1.29 is 55.5 Å². The van der Waals surface area contributed by atoms with E-state index in [9.17, 15) is 27.0 Å². The van der Waals surface area contributed by atoms with Crippen LogP contribution in [-0.4, -0.2) is 173 Å². The van der Waals surface area contributed by atoms with Gasteiger partial charge in [-0.1, -0.05) is 11.6 Å². The molecule has 0 aliphatic carbocycles. The first-order chi connectivity index (χ1) is 33.1. The van der Waals surface area contributed by atoms with Crippen molar-refractivity contribution >= 4 is 67.5 Å². The molecule has 0 unspecified atom stereocenters. The number of halogens is 2. The number of hydrogen-bond donors (Lipinski definition) is 3. The van der Waals surface area contributed by atoms with Crippen molar-refractivity contribution in [1.29, 1.82) is 0 Å². The highest BCUT2D eigenvalue weighted by Crippen LogP contribution is 2.38. The van der Waals surface area contributed by atoms with E-state index in [2.05, 4.69) is 34.2 Å². The molecule has 2 saturated heterocycles. The van der Waals surface area contributed by atoms with Gasteiger partial charge in [0.1, 0.15) is 21.3 Å². The lowest BCUT2D eigenvalue weighted by molar-refractivity contribution is 0.0360. The van der Waals surface area contributed by atoms with Crippen molar-refractivity contribution in [1.82, 2.24) is 20.2 Å². The number of fused-ring (bicyclic) bond motifs is 2. The molecule has 0 amide bonds. The minimum Gasteiger partial charge on any atom is -0.504 e. The molecule has 0 radical (unpaired) electrons. The Labute approximate surface area is 419 Å². The Balaban J connectivity index is 0.000000214. The second-order valence-electron chi connectivity index (χ2n) is 15.7. The van der Waals surface area contributed by atoms with E-state index in [-0.39, 0.29) is 56.2 Å². The van der Waals surface area contributed by atoms with Crippen LogP contribution in [0.5, 0.6) is 34.5 Å². The molecule has 380 valence electrons. The van der Waals surface area contributed by atoms with Gasteiger partial charge in [-0.15, -0.1) is 21.2 Å². The lowest BCUT2D eigenvalue weighted by Crippen LogP contribution is -2.41. The third-order valence-corrected chi connectivity index (χ3v) is 14.0. The molecule has 3 N–H and O–H groups in total. The molecule has 4 aliphatic heterocycles.